The van der Waals surface area contributed by atoms with E-state index in [1.807, 2.05) is 0 Å². The zero-order valence-electron chi connectivity index (χ0n) is 15.1. The van der Waals surface area contributed by atoms with E-state index < -0.39 is 18.1 Å². The SMILES string of the molecule is CCOC(=O)CCCOc1cccc(CC(C)N(C)C(=O)C(F)(F)F)c1. The molecule has 1 aromatic rings. The highest BCUT2D eigenvalue weighted by atomic mass is 19.4. The number of likely N-dealkylation sites (N-methyl/N-ethyl adjacent to an activating group) is 1. The summed E-state index contributed by atoms with van der Waals surface area (Å²) in [6, 6.07) is 6.31. The number of nitrogens with zero attached hydrogens (tertiary/aromatic N) is 1. The van der Waals surface area contributed by atoms with E-state index in [2.05, 4.69) is 0 Å². The van der Waals surface area contributed by atoms with Crippen molar-refractivity contribution in [3.8, 4) is 5.75 Å². The molecule has 0 aliphatic rings. The van der Waals surface area contributed by atoms with Gasteiger partial charge in [-0.3, -0.25) is 9.59 Å². The third kappa shape index (κ3) is 7.33. The topological polar surface area (TPSA) is 55.8 Å². The van der Waals surface area contributed by atoms with Gasteiger partial charge in [0.25, 0.3) is 0 Å². The van der Waals surface area contributed by atoms with Crippen LogP contribution < -0.4 is 4.74 Å². The number of ether oxygens (including phenoxy) is 2. The van der Waals surface area contributed by atoms with Gasteiger partial charge >= 0.3 is 18.1 Å². The molecule has 0 fully saturated rings. The first kappa shape index (κ1) is 21.8. The van der Waals surface area contributed by atoms with Crippen molar-refractivity contribution in [2.24, 2.45) is 0 Å². The van der Waals surface area contributed by atoms with Crippen LogP contribution in [0.2, 0.25) is 0 Å². The van der Waals surface area contributed by atoms with Crippen LogP contribution >= 0.6 is 0 Å². The summed E-state index contributed by atoms with van der Waals surface area (Å²) in [6.45, 7) is 3.95. The van der Waals surface area contributed by atoms with Crippen molar-refractivity contribution in [3.05, 3.63) is 29.8 Å². The Kier molecular flexibility index (Phi) is 8.41. The van der Waals surface area contributed by atoms with Crippen LogP contribution in [0, 0.1) is 0 Å². The molecule has 0 aromatic heterocycles. The summed E-state index contributed by atoms with van der Waals surface area (Å²) >= 11 is 0. The third-order valence-corrected chi connectivity index (χ3v) is 3.75. The predicted octanol–water partition coefficient (Wildman–Crippen LogP) is 3.36. The highest BCUT2D eigenvalue weighted by Crippen LogP contribution is 2.21. The Morgan fingerprint density at radius 3 is 2.58 bits per heavy atom. The Morgan fingerprint density at radius 2 is 1.96 bits per heavy atom. The Bertz CT molecular complexity index is 604. The molecule has 5 nitrogen and oxygen atoms in total. The molecule has 0 saturated carbocycles. The molecular formula is C18H24F3NO4. The van der Waals surface area contributed by atoms with Crippen LogP contribution in [0.1, 0.15) is 32.3 Å². The summed E-state index contributed by atoms with van der Waals surface area (Å²) in [5, 5.41) is 0. The van der Waals surface area contributed by atoms with Gasteiger partial charge in [-0.2, -0.15) is 13.2 Å². The number of esters is 1. The maximum absolute atomic E-state index is 12.5. The number of halogens is 3. The number of alkyl halides is 3. The minimum atomic E-state index is -4.88. The van der Waals surface area contributed by atoms with Gasteiger partial charge in [-0.15, -0.1) is 0 Å². The summed E-state index contributed by atoms with van der Waals surface area (Å²) in [5.41, 5.74) is 0.752. The van der Waals surface area contributed by atoms with E-state index >= 15 is 0 Å². The molecule has 0 heterocycles. The molecule has 1 unspecified atom stereocenters. The third-order valence-electron chi connectivity index (χ3n) is 3.75. The average molecular weight is 375 g/mol. The lowest BCUT2D eigenvalue weighted by molar-refractivity contribution is -0.185. The van der Waals surface area contributed by atoms with Gasteiger partial charge in [-0.05, 0) is 44.4 Å². The van der Waals surface area contributed by atoms with E-state index in [9.17, 15) is 22.8 Å². The van der Waals surface area contributed by atoms with Gasteiger partial charge in [-0.1, -0.05) is 12.1 Å². The standard InChI is InChI=1S/C18H24F3NO4/c1-4-25-16(23)9-6-10-26-15-8-5-7-14(12-15)11-13(2)22(3)17(24)18(19,20)21/h5,7-8,12-13H,4,6,9-11H2,1-3H3. The second-order valence-electron chi connectivity index (χ2n) is 5.87. The molecule has 0 aliphatic carbocycles. The summed E-state index contributed by atoms with van der Waals surface area (Å²) < 4.78 is 47.9. The Morgan fingerprint density at radius 1 is 1.27 bits per heavy atom. The molecule has 0 spiro atoms. The van der Waals surface area contributed by atoms with Crippen molar-refractivity contribution in [2.75, 3.05) is 20.3 Å². The first-order valence-electron chi connectivity index (χ1n) is 8.36. The second-order valence-corrected chi connectivity index (χ2v) is 5.87. The molecule has 1 aromatic carbocycles. The number of carbonyl (C=O) groups excluding carboxylic acids is 2. The summed E-state index contributed by atoms with van der Waals surface area (Å²) in [5.74, 6) is -1.59. The highest BCUT2D eigenvalue weighted by Gasteiger charge is 2.42. The molecular weight excluding hydrogens is 351 g/mol. The van der Waals surface area contributed by atoms with Crippen LogP contribution in [-0.2, 0) is 20.7 Å². The lowest BCUT2D eigenvalue weighted by Gasteiger charge is -2.26. The molecule has 0 aliphatic heterocycles. The van der Waals surface area contributed by atoms with Crippen molar-refractivity contribution in [3.63, 3.8) is 0 Å². The molecule has 8 heteroatoms. The van der Waals surface area contributed by atoms with Crippen LogP contribution in [0.25, 0.3) is 0 Å². The fraction of sp³-hybridized carbons (Fsp3) is 0.556. The molecule has 1 rings (SSSR count). The Balaban J connectivity index is 2.53. The predicted molar refractivity (Wildman–Crippen MR) is 89.8 cm³/mol. The molecule has 0 saturated heterocycles. The van der Waals surface area contributed by atoms with E-state index in [4.69, 9.17) is 9.47 Å². The quantitative estimate of drug-likeness (QED) is 0.491. The number of benzene rings is 1. The van der Waals surface area contributed by atoms with E-state index in [0.717, 1.165) is 12.6 Å². The van der Waals surface area contributed by atoms with Gasteiger partial charge in [-0.25, -0.2) is 0 Å². The number of rotatable bonds is 9. The lowest BCUT2D eigenvalue weighted by Crippen LogP contribution is -2.44. The van der Waals surface area contributed by atoms with Gasteiger partial charge in [0.15, 0.2) is 0 Å². The zero-order valence-corrected chi connectivity index (χ0v) is 15.1. The van der Waals surface area contributed by atoms with E-state index in [0.29, 0.717) is 30.3 Å². The van der Waals surface area contributed by atoms with Gasteiger partial charge in [0.05, 0.1) is 13.2 Å². The first-order valence-corrected chi connectivity index (χ1v) is 8.36. The van der Waals surface area contributed by atoms with Crippen LogP contribution in [-0.4, -0.2) is 49.3 Å². The van der Waals surface area contributed by atoms with Crippen molar-refractivity contribution < 1.29 is 32.2 Å². The largest absolute Gasteiger partial charge is 0.494 e. The maximum Gasteiger partial charge on any atom is 0.471 e. The molecule has 0 radical (unpaired) electrons. The minimum absolute atomic E-state index is 0.259. The summed E-state index contributed by atoms with van der Waals surface area (Å²) in [7, 11) is 1.14. The van der Waals surface area contributed by atoms with E-state index in [-0.39, 0.29) is 18.8 Å². The molecule has 0 bridgehead atoms. The summed E-state index contributed by atoms with van der Waals surface area (Å²) in [4.78, 5) is 23.2. The molecule has 1 amide bonds. The minimum Gasteiger partial charge on any atom is -0.494 e. The average Bonchev–Trinajstić information content (AvgIpc) is 2.57. The van der Waals surface area contributed by atoms with Crippen LogP contribution in [0.5, 0.6) is 5.75 Å². The van der Waals surface area contributed by atoms with Gasteiger partial charge in [0, 0.05) is 19.5 Å². The molecule has 1 atom stereocenters. The number of hydrogen-bond acceptors (Lipinski definition) is 4. The molecule has 146 valence electrons. The van der Waals surface area contributed by atoms with Crippen molar-refractivity contribution >= 4 is 11.9 Å². The van der Waals surface area contributed by atoms with Gasteiger partial charge in [0.2, 0.25) is 0 Å². The zero-order chi connectivity index (χ0) is 19.7. The van der Waals surface area contributed by atoms with Gasteiger partial charge < -0.3 is 14.4 Å². The summed E-state index contributed by atoms with van der Waals surface area (Å²) in [6.07, 6.45) is -3.86. The number of hydrogen-bond donors (Lipinski definition) is 0. The second kappa shape index (κ2) is 10.0. The van der Waals surface area contributed by atoms with E-state index in [1.165, 1.54) is 0 Å². The highest BCUT2D eigenvalue weighted by molar-refractivity contribution is 5.81. The first-order chi connectivity index (χ1) is 12.1. The maximum atomic E-state index is 12.5. The van der Waals surface area contributed by atoms with Gasteiger partial charge in [0.1, 0.15) is 5.75 Å². The number of amides is 1. The number of carbonyl (C=O) groups is 2. The van der Waals surface area contributed by atoms with Crippen LogP contribution in [0.4, 0.5) is 13.2 Å². The molecule has 0 N–H and O–H groups in total. The Hall–Kier alpha value is -2.25. The van der Waals surface area contributed by atoms with Crippen molar-refractivity contribution in [1.29, 1.82) is 0 Å². The Labute approximate surface area is 151 Å². The van der Waals surface area contributed by atoms with Crippen molar-refractivity contribution in [2.45, 2.75) is 45.3 Å². The van der Waals surface area contributed by atoms with Crippen molar-refractivity contribution in [1.82, 2.24) is 4.90 Å². The fourth-order valence-corrected chi connectivity index (χ4v) is 2.28. The van der Waals surface area contributed by atoms with E-state index in [1.54, 1.807) is 38.1 Å². The van der Waals surface area contributed by atoms with Crippen LogP contribution in [0.3, 0.4) is 0 Å². The fourth-order valence-electron chi connectivity index (χ4n) is 2.28. The monoisotopic (exact) mass is 375 g/mol. The normalized spacial score (nSPS) is 12.4. The smallest absolute Gasteiger partial charge is 0.471 e. The lowest BCUT2D eigenvalue weighted by atomic mass is 10.1. The van der Waals surface area contributed by atoms with Crippen LogP contribution in [0.15, 0.2) is 24.3 Å². The molecule has 26 heavy (non-hydrogen) atoms.